The average molecular weight is 632 g/mol. The molecule has 3 nitrogen and oxygen atoms in total. The van der Waals surface area contributed by atoms with Crippen molar-refractivity contribution >= 4 is 0 Å². The summed E-state index contributed by atoms with van der Waals surface area (Å²) in [6.45, 7) is 6.37. The van der Waals surface area contributed by atoms with Gasteiger partial charge in [-0.3, -0.25) is 0 Å². The third-order valence-corrected chi connectivity index (χ3v) is 9.77. The fourth-order valence-electron chi connectivity index (χ4n) is 6.74. The number of hydrogen-bond donors (Lipinski definition) is 1. The standard InChI is InChI=1S/C42H81NO2/c1-4-6-8-10-12-14-16-18-20-22-24-26-28-30-32-34-37-42(44-40-41(45-42)36-39-43-3)38-35-33-31-29-27-25-23-21-19-17-15-13-11-9-7-5-2/h18-21,41,43H,4-17,22-40H2,1-3H3/b20-18-,21-19-. The summed E-state index contributed by atoms with van der Waals surface area (Å²) >= 11 is 0. The van der Waals surface area contributed by atoms with E-state index in [1.807, 2.05) is 7.05 Å². The summed E-state index contributed by atoms with van der Waals surface area (Å²) in [6.07, 6.45) is 51.2. The van der Waals surface area contributed by atoms with Crippen molar-refractivity contribution in [3.63, 3.8) is 0 Å². The van der Waals surface area contributed by atoms with Crippen molar-refractivity contribution < 1.29 is 9.47 Å². The number of unbranched alkanes of at least 4 members (excludes halogenated alkanes) is 24. The third kappa shape index (κ3) is 27.1. The van der Waals surface area contributed by atoms with Crippen LogP contribution in [0.3, 0.4) is 0 Å². The van der Waals surface area contributed by atoms with E-state index in [4.69, 9.17) is 9.47 Å². The number of rotatable bonds is 35. The summed E-state index contributed by atoms with van der Waals surface area (Å²) < 4.78 is 13.1. The Hall–Kier alpha value is -0.640. The van der Waals surface area contributed by atoms with Crippen molar-refractivity contribution in [3.8, 4) is 0 Å². The Morgan fingerprint density at radius 1 is 0.511 bits per heavy atom. The van der Waals surface area contributed by atoms with Gasteiger partial charge in [0.05, 0.1) is 12.7 Å². The van der Waals surface area contributed by atoms with Gasteiger partial charge >= 0.3 is 0 Å². The molecule has 1 aliphatic heterocycles. The first kappa shape index (κ1) is 42.4. The van der Waals surface area contributed by atoms with Crippen LogP contribution in [0.2, 0.25) is 0 Å². The maximum atomic E-state index is 6.62. The Labute approximate surface area is 283 Å². The van der Waals surface area contributed by atoms with Gasteiger partial charge in [-0.1, -0.05) is 154 Å². The van der Waals surface area contributed by atoms with Gasteiger partial charge in [-0.15, -0.1) is 0 Å². The van der Waals surface area contributed by atoms with Crippen molar-refractivity contribution in [1.29, 1.82) is 0 Å². The number of allylic oxidation sites excluding steroid dienone is 4. The van der Waals surface area contributed by atoms with E-state index < -0.39 is 0 Å². The topological polar surface area (TPSA) is 30.5 Å². The highest BCUT2D eigenvalue weighted by Gasteiger charge is 2.40. The SMILES string of the molecule is CCCCCCCC/C=C\CCCCCCCCC1(CCCCCCCC/C=C\CCCCCCCC)OCC(CCNC)O1. The zero-order valence-electron chi connectivity index (χ0n) is 31.0. The summed E-state index contributed by atoms with van der Waals surface area (Å²) in [5.74, 6) is -0.306. The monoisotopic (exact) mass is 632 g/mol. The van der Waals surface area contributed by atoms with Crippen LogP contribution in [0.4, 0.5) is 0 Å². The van der Waals surface area contributed by atoms with Crippen LogP contribution in [0.5, 0.6) is 0 Å². The van der Waals surface area contributed by atoms with Crippen molar-refractivity contribution in [2.24, 2.45) is 0 Å². The Kier molecular flexibility index (Phi) is 31.3. The molecule has 0 spiro atoms. The molecule has 0 radical (unpaired) electrons. The molecule has 1 saturated heterocycles. The van der Waals surface area contributed by atoms with Gasteiger partial charge in [0.15, 0.2) is 5.79 Å². The van der Waals surface area contributed by atoms with E-state index in [-0.39, 0.29) is 11.9 Å². The fourth-order valence-corrected chi connectivity index (χ4v) is 6.74. The van der Waals surface area contributed by atoms with Crippen LogP contribution in [0.1, 0.15) is 213 Å². The molecule has 1 aliphatic rings. The van der Waals surface area contributed by atoms with Gasteiger partial charge in [-0.05, 0) is 84.2 Å². The Balaban J connectivity index is 2.09. The highest BCUT2D eigenvalue weighted by atomic mass is 16.7. The predicted octanol–water partition coefficient (Wildman–Crippen LogP) is 13.6. The zero-order chi connectivity index (χ0) is 32.4. The van der Waals surface area contributed by atoms with Crippen molar-refractivity contribution in [1.82, 2.24) is 5.32 Å². The van der Waals surface area contributed by atoms with E-state index >= 15 is 0 Å². The van der Waals surface area contributed by atoms with Crippen LogP contribution in [-0.2, 0) is 9.47 Å². The molecule has 0 amide bonds. The lowest BCUT2D eigenvalue weighted by Gasteiger charge is -2.28. The molecule has 0 aromatic carbocycles. The van der Waals surface area contributed by atoms with Crippen LogP contribution in [-0.4, -0.2) is 32.1 Å². The number of ether oxygens (including phenoxy) is 2. The lowest BCUT2D eigenvalue weighted by Crippen LogP contribution is -2.31. The largest absolute Gasteiger partial charge is 0.347 e. The molecule has 1 atom stereocenters. The first-order valence-corrected chi connectivity index (χ1v) is 20.5. The van der Waals surface area contributed by atoms with E-state index in [1.165, 1.54) is 180 Å². The number of nitrogens with one attached hydrogen (secondary N) is 1. The van der Waals surface area contributed by atoms with Crippen molar-refractivity contribution in [3.05, 3.63) is 24.3 Å². The summed E-state index contributed by atoms with van der Waals surface area (Å²) in [5, 5.41) is 3.28. The maximum Gasteiger partial charge on any atom is 0.168 e. The lowest BCUT2D eigenvalue weighted by molar-refractivity contribution is -0.179. The first-order chi connectivity index (χ1) is 22.3. The summed E-state index contributed by atoms with van der Waals surface area (Å²) in [6, 6.07) is 0. The molecule has 1 N–H and O–H groups in total. The predicted molar refractivity (Wildman–Crippen MR) is 200 cm³/mol. The minimum Gasteiger partial charge on any atom is -0.347 e. The molecule has 1 unspecified atom stereocenters. The van der Waals surface area contributed by atoms with Gasteiger partial charge in [-0.2, -0.15) is 0 Å². The first-order valence-electron chi connectivity index (χ1n) is 20.5. The molecule has 0 bridgehead atoms. The van der Waals surface area contributed by atoms with Crippen molar-refractivity contribution in [2.45, 2.75) is 225 Å². The highest BCUT2D eigenvalue weighted by molar-refractivity contribution is 4.83. The van der Waals surface area contributed by atoms with E-state index in [9.17, 15) is 0 Å². The number of hydrogen-bond acceptors (Lipinski definition) is 3. The normalized spacial score (nSPS) is 16.6. The molecule has 266 valence electrons. The molecule has 0 aromatic rings. The van der Waals surface area contributed by atoms with Crippen LogP contribution in [0.25, 0.3) is 0 Å². The van der Waals surface area contributed by atoms with Crippen LogP contribution in [0.15, 0.2) is 24.3 Å². The Bertz CT molecular complexity index is 603. The molecule has 3 heteroatoms. The summed E-state index contributed by atoms with van der Waals surface area (Å²) in [7, 11) is 2.03. The second kappa shape index (κ2) is 33.3. The van der Waals surface area contributed by atoms with Gasteiger partial charge in [0.25, 0.3) is 0 Å². The van der Waals surface area contributed by atoms with Crippen LogP contribution >= 0.6 is 0 Å². The zero-order valence-corrected chi connectivity index (χ0v) is 31.0. The van der Waals surface area contributed by atoms with E-state index in [0.717, 1.165) is 32.4 Å². The molecular formula is C42H81NO2. The van der Waals surface area contributed by atoms with E-state index in [1.54, 1.807) is 0 Å². The second-order valence-electron chi connectivity index (χ2n) is 14.2. The quantitative estimate of drug-likeness (QED) is 0.0557. The molecule has 0 aliphatic carbocycles. The minimum absolute atomic E-state index is 0.265. The van der Waals surface area contributed by atoms with Gasteiger partial charge < -0.3 is 14.8 Å². The fraction of sp³-hybridized carbons (Fsp3) is 0.905. The molecule has 1 heterocycles. The van der Waals surface area contributed by atoms with E-state index in [2.05, 4.69) is 43.5 Å². The van der Waals surface area contributed by atoms with Gasteiger partial charge in [-0.25, -0.2) is 0 Å². The second-order valence-corrected chi connectivity index (χ2v) is 14.2. The van der Waals surface area contributed by atoms with E-state index in [0.29, 0.717) is 0 Å². The Morgan fingerprint density at radius 3 is 1.24 bits per heavy atom. The van der Waals surface area contributed by atoms with Gasteiger partial charge in [0.2, 0.25) is 0 Å². The third-order valence-electron chi connectivity index (χ3n) is 9.77. The van der Waals surface area contributed by atoms with Crippen molar-refractivity contribution in [2.75, 3.05) is 20.2 Å². The molecule has 45 heavy (non-hydrogen) atoms. The smallest absolute Gasteiger partial charge is 0.168 e. The molecular weight excluding hydrogens is 550 g/mol. The average Bonchev–Trinajstić information content (AvgIpc) is 3.46. The Morgan fingerprint density at radius 2 is 0.867 bits per heavy atom. The molecule has 1 rings (SSSR count). The maximum absolute atomic E-state index is 6.62. The van der Waals surface area contributed by atoms with Crippen LogP contribution < -0.4 is 5.32 Å². The van der Waals surface area contributed by atoms with Gasteiger partial charge in [0.1, 0.15) is 0 Å². The molecule has 0 saturated carbocycles. The minimum atomic E-state index is -0.306. The highest BCUT2D eigenvalue weighted by Crippen LogP contribution is 2.35. The molecule has 1 fully saturated rings. The summed E-state index contributed by atoms with van der Waals surface area (Å²) in [4.78, 5) is 0. The summed E-state index contributed by atoms with van der Waals surface area (Å²) in [5.41, 5.74) is 0. The van der Waals surface area contributed by atoms with Gasteiger partial charge in [0, 0.05) is 12.8 Å². The molecule has 0 aromatic heterocycles. The lowest BCUT2D eigenvalue weighted by atomic mass is 9.98. The van der Waals surface area contributed by atoms with Crippen LogP contribution in [0, 0.1) is 0 Å².